The number of nitrogens with zero attached hydrogens (tertiary/aromatic N) is 1. The Kier molecular flexibility index (Phi) is 5.68. The molecule has 132 valence electrons. The summed E-state index contributed by atoms with van der Waals surface area (Å²) < 4.78 is 4.99. The number of carbonyl (C=O) groups excluding carboxylic acids is 1. The van der Waals surface area contributed by atoms with Crippen molar-refractivity contribution in [2.75, 3.05) is 24.6 Å². The fourth-order valence-corrected chi connectivity index (χ4v) is 2.98. The maximum Gasteiger partial charge on any atom is 0.414 e. The quantitative estimate of drug-likeness (QED) is 0.814. The van der Waals surface area contributed by atoms with Crippen LogP contribution in [-0.2, 0) is 11.2 Å². The topological polar surface area (TPSA) is 61.8 Å². The summed E-state index contributed by atoms with van der Waals surface area (Å²) in [5.41, 5.74) is 3.04. The lowest BCUT2D eigenvalue weighted by Gasteiger charge is -2.20. The number of ether oxygens (including phenoxy) is 1. The lowest BCUT2D eigenvalue weighted by Crippen LogP contribution is -2.30. The molecule has 2 atom stereocenters. The van der Waals surface area contributed by atoms with Crippen LogP contribution in [0.4, 0.5) is 10.5 Å². The van der Waals surface area contributed by atoms with Crippen molar-refractivity contribution in [2.24, 2.45) is 0 Å². The van der Waals surface area contributed by atoms with Crippen molar-refractivity contribution in [1.29, 1.82) is 0 Å². The average Bonchev–Trinajstić information content (AvgIpc) is 3.06. The van der Waals surface area contributed by atoms with Gasteiger partial charge in [-0.1, -0.05) is 42.5 Å². The van der Waals surface area contributed by atoms with Crippen LogP contribution >= 0.6 is 0 Å². The van der Waals surface area contributed by atoms with Crippen LogP contribution in [0.2, 0.25) is 0 Å². The van der Waals surface area contributed by atoms with Crippen LogP contribution in [0.5, 0.6) is 0 Å². The Labute approximate surface area is 148 Å². The minimum atomic E-state index is -0.443. The van der Waals surface area contributed by atoms with Gasteiger partial charge in [-0.3, -0.25) is 4.90 Å². The summed E-state index contributed by atoms with van der Waals surface area (Å²) in [5.74, 6) is 0. The summed E-state index contributed by atoms with van der Waals surface area (Å²) in [6.45, 7) is 3.57. The zero-order chi connectivity index (χ0) is 17.6. The summed E-state index contributed by atoms with van der Waals surface area (Å²) in [6.07, 6.45) is -0.113. The molecule has 1 fully saturated rings. The molecule has 2 aromatic carbocycles. The van der Waals surface area contributed by atoms with Crippen LogP contribution < -0.4 is 10.2 Å². The number of aliphatic hydroxyl groups excluding tert-OH is 1. The lowest BCUT2D eigenvalue weighted by atomic mass is 10.1. The van der Waals surface area contributed by atoms with Crippen LogP contribution in [0.15, 0.2) is 54.6 Å². The highest BCUT2D eigenvalue weighted by molar-refractivity contribution is 5.89. The number of hydrogen-bond donors (Lipinski definition) is 2. The first-order valence-electron chi connectivity index (χ1n) is 8.63. The SMILES string of the molecule is CC(NCC(O)Cc1ccccc1)c1cccc(N2CCOC2=O)c1. The van der Waals surface area contributed by atoms with Crippen molar-refractivity contribution < 1.29 is 14.6 Å². The molecule has 1 heterocycles. The minimum absolute atomic E-state index is 0.0731. The van der Waals surface area contributed by atoms with Crippen LogP contribution in [0.25, 0.3) is 0 Å². The van der Waals surface area contributed by atoms with E-state index in [9.17, 15) is 9.90 Å². The van der Waals surface area contributed by atoms with Crippen molar-refractivity contribution in [1.82, 2.24) is 5.32 Å². The second kappa shape index (κ2) is 8.14. The molecule has 25 heavy (non-hydrogen) atoms. The Morgan fingerprint density at radius 2 is 2.00 bits per heavy atom. The highest BCUT2D eigenvalue weighted by Gasteiger charge is 2.23. The van der Waals surface area contributed by atoms with Gasteiger partial charge < -0.3 is 15.2 Å². The van der Waals surface area contributed by atoms with E-state index in [1.807, 2.05) is 54.6 Å². The van der Waals surface area contributed by atoms with E-state index in [0.717, 1.165) is 16.8 Å². The molecule has 0 aliphatic carbocycles. The highest BCUT2D eigenvalue weighted by Crippen LogP contribution is 2.23. The van der Waals surface area contributed by atoms with Crippen molar-refractivity contribution >= 4 is 11.8 Å². The number of aliphatic hydroxyl groups is 1. The predicted molar refractivity (Wildman–Crippen MR) is 97.7 cm³/mol. The summed E-state index contributed by atoms with van der Waals surface area (Å²) in [4.78, 5) is 13.3. The van der Waals surface area contributed by atoms with Crippen LogP contribution in [0.3, 0.4) is 0 Å². The molecule has 2 unspecified atom stereocenters. The van der Waals surface area contributed by atoms with Gasteiger partial charge in [0.05, 0.1) is 12.6 Å². The second-order valence-electron chi connectivity index (χ2n) is 6.33. The van der Waals surface area contributed by atoms with Crippen LogP contribution in [0, 0.1) is 0 Å². The first-order valence-corrected chi connectivity index (χ1v) is 8.63. The number of hydrogen-bond acceptors (Lipinski definition) is 4. The molecule has 5 nitrogen and oxygen atoms in total. The van der Waals surface area contributed by atoms with Gasteiger partial charge in [-0.2, -0.15) is 0 Å². The number of anilines is 1. The van der Waals surface area contributed by atoms with Gasteiger partial charge in [0.1, 0.15) is 6.61 Å². The molecular weight excluding hydrogens is 316 g/mol. The van der Waals surface area contributed by atoms with Crippen LogP contribution in [0.1, 0.15) is 24.1 Å². The first kappa shape index (κ1) is 17.5. The van der Waals surface area contributed by atoms with E-state index in [4.69, 9.17) is 4.74 Å². The van der Waals surface area contributed by atoms with Gasteiger partial charge >= 0.3 is 6.09 Å². The standard InChI is InChI=1S/C20H24N2O3/c1-15(21-14-19(23)12-16-6-3-2-4-7-16)17-8-5-9-18(13-17)22-10-11-25-20(22)24/h2-9,13,15,19,21,23H,10-12,14H2,1H3. The van der Waals surface area contributed by atoms with Gasteiger partial charge in [0.2, 0.25) is 0 Å². The van der Waals surface area contributed by atoms with Crippen molar-refractivity contribution in [2.45, 2.75) is 25.5 Å². The molecule has 1 aliphatic rings. The number of amides is 1. The number of carbonyl (C=O) groups is 1. The number of cyclic esters (lactones) is 1. The van der Waals surface area contributed by atoms with E-state index in [1.165, 1.54) is 0 Å². The van der Waals surface area contributed by atoms with E-state index in [-0.39, 0.29) is 12.1 Å². The van der Waals surface area contributed by atoms with E-state index in [0.29, 0.717) is 26.1 Å². The van der Waals surface area contributed by atoms with Gasteiger partial charge in [-0.15, -0.1) is 0 Å². The largest absolute Gasteiger partial charge is 0.447 e. The normalized spacial score (nSPS) is 16.6. The molecule has 1 amide bonds. The molecule has 0 saturated carbocycles. The van der Waals surface area contributed by atoms with Gasteiger partial charge in [0.25, 0.3) is 0 Å². The molecule has 0 aromatic heterocycles. The van der Waals surface area contributed by atoms with Crippen LogP contribution in [-0.4, -0.2) is 37.0 Å². The van der Waals surface area contributed by atoms with E-state index in [1.54, 1.807) is 4.90 Å². The monoisotopic (exact) mass is 340 g/mol. The summed E-state index contributed by atoms with van der Waals surface area (Å²) in [6, 6.07) is 17.9. The molecule has 1 saturated heterocycles. The Morgan fingerprint density at radius 3 is 2.72 bits per heavy atom. The Bertz CT molecular complexity index is 705. The van der Waals surface area contributed by atoms with Gasteiger partial charge in [-0.05, 0) is 36.6 Å². The summed E-state index contributed by atoms with van der Waals surface area (Å²) in [5, 5.41) is 13.6. The molecule has 3 rings (SSSR count). The molecule has 0 spiro atoms. The van der Waals surface area contributed by atoms with Gasteiger partial charge in [-0.25, -0.2) is 4.79 Å². The molecule has 2 aromatic rings. The first-order chi connectivity index (χ1) is 12.1. The van der Waals surface area contributed by atoms with Crippen molar-refractivity contribution in [3.8, 4) is 0 Å². The van der Waals surface area contributed by atoms with E-state index < -0.39 is 6.10 Å². The number of rotatable bonds is 7. The van der Waals surface area contributed by atoms with E-state index in [2.05, 4.69) is 12.2 Å². The molecule has 5 heteroatoms. The smallest absolute Gasteiger partial charge is 0.414 e. The second-order valence-corrected chi connectivity index (χ2v) is 6.33. The zero-order valence-electron chi connectivity index (χ0n) is 14.4. The molecule has 0 bridgehead atoms. The molecular formula is C20H24N2O3. The van der Waals surface area contributed by atoms with E-state index >= 15 is 0 Å². The minimum Gasteiger partial charge on any atom is -0.447 e. The highest BCUT2D eigenvalue weighted by atomic mass is 16.6. The zero-order valence-corrected chi connectivity index (χ0v) is 14.4. The number of benzene rings is 2. The fourth-order valence-electron chi connectivity index (χ4n) is 2.98. The maximum absolute atomic E-state index is 11.7. The predicted octanol–water partition coefficient (Wildman–Crippen LogP) is 2.90. The lowest BCUT2D eigenvalue weighted by molar-refractivity contribution is 0.168. The molecule has 2 N–H and O–H groups in total. The average molecular weight is 340 g/mol. The Hall–Kier alpha value is -2.37. The summed E-state index contributed by atoms with van der Waals surface area (Å²) >= 11 is 0. The number of nitrogens with one attached hydrogen (secondary N) is 1. The van der Waals surface area contributed by atoms with Gasteiger partial charge in [0.15, 0.2) is 0 Å². The van der Waals surface area contributed by atoms with Gasteiger partial charge in [0, 0.05) is 18.3 Å². The summed E-state index contributed by atoms with van der Waals surface area (Å²) in [7, 11) is 0. The Morgan fingerprint density at radius 1 is 1.20 bits per heavy atom. The third-order valence-electron chi connectivity index (χ3n) is 4.42. The fraction of sp³-hybridized carbons (Fsp3) is 0.350. The third-order valence-corrected chi connectivity index (χ3v) is 4.42. The maximum atomic E-state index is 11.7. The Balaban J connectivity index is 1.56. The molecule has 0 radical (unpaired) electrons. The molecule has 1 aliphatic heterocycles. The third kappa shape index (κ3) is 4.59. The van der Waals surface area contributed by atoms with Crippen molar-refractivity contribution in [3.63, 3.8) is 0 Å². The van der Waals surface area contributed by atoms with Crippen molar-refractivity contribution in [3.05, 3.63) is 65.7 Å².